The number of hydrogen-bond donors (Lipinski definition) is 1. The van der Waals surface area contributed by atoms with Crippen LogP contribution < -0.4 is 5.32 Å². The topological polar surface area (TPSA) is 103 Å². The molecule has 1 N–H and O–H groups in total. The van der Waals surface area contributed by atoms with Crippen LogP contribution in [-0.4, -0.2) is 25.6 Å². The van der Waals surface area contributed by atoms with Gasteiger partial charge in [-0.1, -0.05) is 0 Å². The van der Waals surface area contributed by atoms with Crippen LogP contribution in [0.5, 0.6) is 0 Å². The molecule has 0 unspecified atom stereocenters. The molecular formula is C12H9BrF3N5O3. The van der Waals surface area contributed by atoms with Crippen LogP contribution in [0.3, 0.4) is 0 Å². The third-order valence-electron chi connectivity index (χ3n) is 2.91. The summed E-state index contributed by atoms with van der Waals surface area (Å²) < 4.78 is 39.8. The average Bonchev–Trinajstić information content (AvgIpc) is 2.79. The van der Waals surface area contributed by atoms with E-state index in [0.717, 1.165) is 6.92 Å². The number of halogens is 4. The van der Waals surface area contributed by atoms with Crippen molar-refractivity contribution in [2.75, 3.05) is 5.32 Å². The first-order chi connectivity index (χ1) is 11.1. The highest BCUT2D eigenvalue weighted by molar-refractivity contribution is 9.10. The standard InChI is InChI=1S/C12H9BrF3N5O3/c1-6-10(21(23)24)11(12(14,15)16)19-20(6)5-9(22)18-8-3-2-7(13)4-17-8/h2-4H,5H2,1H3,(H,17,18,22). The van der Waals surface area contributed by atoms with Crippen molar-refractivity contribution < 1.29 is 22.9 Å². The molecule has 0 aliphatic heterocycles. The molecule has 128 valence electrons. The predicted molar refractivity (Wildman–Crippen MR) is 79.2 cm³/mol. The molecule has 0 aliphatic rings. The van der Waals surface area contributed by atoms with E-state index in [0.29, 0.717) is 9.15 Å². The fourth-order valence-electron chi connectivity index (χ4n) is 1.87. The van der Waals surface area contributed by atoms with Crippen LogP contribution in [0.2, 0.25) is 0 Å². The van der Waals surface area contributed by atoms with Crippen molar-refractivity contribution in [1.82, 2.24) is 14.8 Å². The number of nitrogens with zero attached hydrogens (tertiary/aromatic N) is 4. The van der Waals surface area contributed by atoms with Gasteiger partial charge in [0.25, 0.3) is 0 Å². The number of anilines is 1. The zero-order chi connectivity index (χ0) is 18.1. The van der Waals surface area contributed by atoms with Crippen molar-refractivity contribution in [2.24, 2.45) is 0 Å². The Morgan fingerprint density at radius 3 is 2.58 bits per heavy atom. The molecule has 0 aromatic carbocycles. The molecule has 2 rings (SSSR count). The van der Waals surface area contributed by atoms with Crippen molar-refractivity contribution in [2.45, 2.75) is 19.6 Å². The maximum absolute atomic E-state index is 12.8. The van der Waals surface area contributed by atoms with E-state index in [4.69, 9.17) is 0 Å². The Balaban J connectivity index is 2.24. The van der Waals surface area contributed by atoms with Crippen LogP contribution in [-0.2, 0) is 17.5 Å². The van der Waals surface area contributed by atoms with Gasteiger partial charge in [-0.2, -0.15) is 18.3 Å². The van der Waals surface area contributed by atoms with E-state index in [1.165, 1.54) is 12.3 Å². The van der Waals surface area contributed by atoms with Crippen molar-refractivity contribution in [3.05, 3.63) is 44.3 Å². The summed E-state index contributed by atoms with van der Waals surface area (Å²) >= 11 is 3.16. The molecule has 0 saturated carbocycles. The molecule has 0 aliphatic carbocycles. The van der Waals surface area contributed by atoms with Gasteiger partial charge in [0.2, 0.25) is 11.6 Å². The summed E-state index contributed by atoms with van der Waals surface area (Å²) in [5.74, 6) is -0.544. The third kappa shape index (κ3) is 3.88. The molecule has 0 radical (unpaired) electrons. The van der Waals surface area contributed by atoms with Gasteiger partial charge in [0.05, 0.1) is 4.92 Å². The zero-order valence-corrected chi connectivity index (χ0v) is 13.6. The Bertz CT molecular complexity index is 788. The van der Waals surface area contributed by atoms with E-state index in [1.54, 1.807) is 6.07 Å². The van der Waals surface area contributed by atoms with Crippen LogP contribution in [0.25, 0.3) is 0 Å². The first-order valence-corrected chi connectivity index (χ1v) is 7.09. The number of pyridine rings is 1. The Morgan fingerprint density at radius 1 is 1.46 bits per heavy atom. The third-order valence-corrected chi connectivity index (χ3v) is 3.38. The van der Waals surface area contributed by atoms with E-state index in [1.807, 2.05) is 0 Å². The van der Waals surface area contributed by atoms with Gasteiger partial charge in [-0.15, -0.1) is 0 Å². The Kier molecular flexibility index (Phi) is 4.87. The van der Waals surface area contributed by atoms with Gasteiger partial charge in [-0.25, -0.2) is 4.98 Å². The van der Waals surface area contributed by atoms with E-state index in [-0.39, 0.29) is 11.5 Å². The largest absolute Gasteiger partial charge is 0.442 e. The number of carbonyl (C=O) groups is 1. The number of hydrogen-bond acceptors (Lipinski definition) is 5. The molecule has 0 saturated heterocycles. The normalized spacial score (nSPS) is 11.4. The molecule has 0 atom stereocenters. The van der Waals surface area contributed by atoms with E-state index >= 15 is 0 Å². The van der Waals surface area contributed by atoms with Crippen molar-refractivity contribution in [1.29, 1.82) is 0 Å². The van der Waals surface area contributed by atoms with Crippen LogP contribution in [0.4, 0.5) is 24.7 Å². The molecule has 2 aromatic heterocycles. The molecule has 12 heteroatoms. The average molecular weight is 408 g/mol. The van der Waals surface area contributed by atoms with Gasteiger partial charge in [-0.05, 0) is 35.0 Å². The van der Waals surface area contributed by atoms with Crippen molar-refractivity contribution in [3.8, 4) is 0 Å². The molecule has 0 spiro atoms. The summed E-state index contributed by atoms with van der Waals surface area (Å²) in [4.78, 5) is 25.4. The van der Waals surface area contributed by atoms with Crippen molar-refractivity contribution in [3.63, 3.8) is 0 Å². The minimum Gasteiger partial charge on any atom is -0.309 e. The number of nitro groups is 1. The monoisotopic (exact) mass is 407 g/mol. The second-order valence-electron chi connectivity index (χ2n) is 4.60. The molecule has 8 nitrogen and oxygen atoms in total. The van der Waals surface area contributed by atoms with Gasteiger partial charge in [0, 0.05) is 10.7 Å². The number of alkyl halides is 3. The maximum Gasteiger partial charge on any atom is 0.442 e. The second kappa shape index (κ2) is 6.55. The number of rotatable bonds is 4. The lowest BCUT2D eigenvalue weighted by atomic mass is 10.3. The van der Waals surface area contributed by atoms with Gasteiger partial charge in [0.1, 0.15) is 18.1 Å². The summed E-state index contributed by atoms with van der Waals surface area (Å²) in [5, 5.41) is 16.4. The summed E-state index contributed by atoms with van der Waals surface area (Å²) in [6.07, 6.45) is -3.58. The molecule has 0 fully saturated rings. The Hall–Kier alpha value is -2.50. The highest BCUT2D eigenvalue weighted by atomic mass is 79.9. The van der Waals surface area contributed by atoms with Gasteiger partial charge in [0.15, 0.2) is 0 Å². The number of aromatic nitrogens is 3. The van der Waals surface area contributed by atoms with Crippen LogP contribution >= 0.6 is 15.9 Å². The van der Waals surface area contributed by atoms with Gasteiger partial charge >= 0.3 is 11.9 Å². The fraction of sp³-hybridized carbons (Fsp3) is 0.250. The maximum atomic E-state index is 12.8. The first-order valence-electron chi connectivity index (χ1n) is 6.30. The summed E-state index contributed by atoms with van der Waals surface area (Å²) in [6, 6.07) is 3.08. The molecule has 24 heavy (non-hydrogen) atoms. The molecule has 1 amide bonds. The molecule has 0 bridgehead atoms. The highest BCUT2D eigenvalue weighted by Crippen LogP contribution is 2.36. The number of nitrogens with one attached hydrogen (secondary N) is 1. The van der Waals surface area contributed by atoms with Gasteiger partial charge in [-0.3, -0.25) is 19.6 Å². The van der Waals surface area contributed by atoms with E-state index in [9.17, 15) is 28.1 Å². The fourth-order valence-corrected chi connectivity index (χ4v) is 2.10. The van der Waals surface area contributed by atoms with Gasteiger partial charge < -0.3 is 5.32 Å². The number of carbonyl (C=O) groups excluding carboxylic acids is 1. The molecule has 2 aromatic rings. The quantitative estimate of drug-likeness (QED) is 0.619. The second-order valence-corrected chi connectivity index (χ2v) is 5.52. The zero-order valence-electron chi connectivity index (χ0n) is 12.0. The lowest BCUT2D eigenvalue weighted by Crippen LogP contribution is -2.21. The minimum atomic E-state index is -5.00. The summed E-state index contributed by atoms with van der Waals surface area (Å²) in [5.41, 5.74) is -3.18. The smallest absolute Gasteiger partial charge is 0.309 e. The molecular weight excluding hydrogens is 399 g/mol. The highest BCUT2D eigenvalue weighted by Gasteiger charge is 2.44. The van der Waals surface area contributed by atoms with Crippen LogP contribution in [0.15, 0.2) is 22.8 Å². The van der Waals surface area contributed by atoms with E-state index < -0.39 is 34.9 Å². The summed E-state index contributed by atoms with van der Waals surface area (Å²) in [7, 11) is 0. The summed E-state index contributed by atoms with van der Waals surface area (Å²) in [6.45, 7) is 0.464. The first kappa shape index (κ1) is 17.8. The Morgan fingerprint density at radius 2 is 2.12 bits per heavy atom. The van der Waals surface area contributed by atoms with Crippen molar-refractivity contribution >= 4 is 33.3 Å². The van der Waals surface area contributed by atoms with E-state index in [2.05, 4.69) is 31.3 Å². The Labute approximate surface area is 141 Å². The molecule has 2 heterocycles. The minimum absolute atomic E-state index is 0.179. The van der Waals surface area contributed by atoms with Crippen LogP contribution in [0.1, 0.15) is 11.4 Å². The van der Waals surface area contributed by atoms with Crippen LogP contribution in [0, 0.1) is 17.0 Å². The predicted octanol–water partition coefficient (Wildman–Crippen LogP) is 2.91. The lowest BCUT2D eigenvalue weighted by molar-refractivity contribution is -0.388. The lowest BCUT2D eigenvalue weighted by Gasteiger charge is -2.05. The SMILES string of the molecule is Cc1c([N+](=O)[O-])c(C(F)(F)F)nn1CC(=O)Nc1ccc(Br)cn1. The number of amides is 1.